The number of benzene rings is 1. The maximum absolute atomic E-state index is 8.75. The Kier molecular flexibility index (Phi) is 4.10. The monoisotopic (exact) mass is 249 g/mol. The van der Waals surface area contributed by atoms with Crippen molar-refractivity contribution in [2.45, 2.75) is 13.0 Å². The summed E-state index contributed by atoms with van der Waals surface area (Å²) in [4.78, 5) is 3.90. The van der Waals surface area contributed by atoms with E-state index < -0.39 is 0 Å². The van der Waals surface area contributed by atoms with Gasteiger partial charge in [0.2, 0.25) is 0 Å². The van der Waals surface area contributed by atoms with E-state index in [4.69, 9.17) is 15.3 Å². The van der Waals surface area contributed by atoms with E-state index in [0.29, 0.717) is 18.7 Å². The largest absolute Gasteiger partial charge is 0.489 e. The molecule has 1 heterocycles. The zero-order valence-electron chi connectivity index (χ0n) is 10.2. The first-order valence-electron chi connectivity index (χ1n) is 5.75. The highest BCUT2D eigenvalue weighted by Crippen LogP contribution is 2.14. The number of nitriles is 2. The molecule has 0 amide bonds. The summed E-state index contributed by atoms with van der Waals surface area (Å²) >= 11 is 0. The molecule has 0 aliphatic heterocycles. The van der Waals surface area contributed by atoms with E-state index in [1.54, 1.807) is 12.3 Å². The molecule has 1 aromatic heterocycles. The Morgan fingerprint density at radius 1 is 1.05 bits per heavy atom. The van der Waals surface area contributed by atoms with Crippen LogP contribution in [0.2, 0.25) is 0 Å². The molecule has 0 fully saturated rings. The molecule has 4 heteroatoms. The Bertz CT molecular complexity index is 636. The Morgan fingerprint density at radius 2 is 1.84 bits per heavy atom. The standard InChI is InChI=1S/C15H11N3O/c16-7-5-12-1-3-15(4-2-12)19-11-13-6-8-18-14(9-13)10-17/h1-4,6,8-9H,5,11H2. The molecule has 92 valence electrons. The van der Waals surface area contributed by atoms with Crippen LogP contribution in [0.5, 0.6) is 5.75 Å². The normalized spacial score (nSPS) is 9.37. The van der Waals surface area contributed by atoms with Crippen molar-refractivity contribution in [3.05, 3.63) is 59.4 Å². The van der Waals surface area contributed by atoms with Crippen molar-refractivity contribution in [3.8, 4) is 17.9 Å². The lowest BCUT2D eigenvalue weighted by molar-refractivity contribution is 0.306. The van der Waals surface area contributed by atoms with Crippen LogP contribution in [-0.2, 0) is 13.0 Å². The van der Waals surface area contributed by atoms with Gasteiger partial charge in [-0.3, -0.25) is 0 Å². The molecule has 0 unspecified atom stereocenters. The molecule has 0 N–H and O–H groups in total. The number of ether oxygens (including phenoxy) is 1. The second-order valence-electron chi connectivity index (χ2n) is 3.93. The molecule has 4 nitrogen and oxygen atoms in total. The van der Waals surface area contributed by atoms with Gasteiger partial charge in [-0.2, -0.15) is 10.5 Å². The van der Waals surface area contributed by atoms with Crippen molar-refractivity contribution < 1.29 is 4.74 Å². The lowest BCUT2D eigenvalue weighted by Gasteiger charge is -2.06. The van der Waals surface area contributed by atoms with Crippen LogP contribution >= 0.6 is 0 Å². The van der Waals surface area contributed by atoms with Gasteiger partial charge in [0.05, 0.1) is 12.5 Å². The molecule has 2 aromatic rings. The first-order chi connectivity index (χ1) is 9.31. The average molecular weight is 249 g/mol. The summed E-state index contributed by atoms with van der Waals surface area (Å²) in [7, 11) is 0. The third-order valence-corrected chi connectivity index (χ3v) is 2.55. The summed E-state index contributed by atoms with van der Waals surface area (Å²) in [6.07, 6.45) is 1.99. The van der Waals surface area contributed by atoms with E-state index in [1.807, 2.05) is 36.4 Å². The highest BCUT2D eigenvalue weighted by molar-refractivity contribution is 5.30. The number of aromatic nitrogens is 1. The molecular weight excluding hydrogens is 238 g/mol. The predicted octanol–water partition coefficient (Wildman–Crippen LogP) is 2.60. The van der Waals surface area contributed by atoms with Crippen LogP contribution in [0.15, 0.2) is 42.6 Å². The second-order valence-corrected chi connectivity index (χ2v) is 3.93. The zero-order valence-corrected chi connectivity index (χ0v) is 10.2. The zero-order chi connectivity index (χ0) is 13.5. The fourth-order valence-electron chi connectivity index (χ4n) is 1.59. The Hall–Kier alpha value is -2.85. The summed E-state index contributed by atoms with van der Waals surface area (Å²) in [5, 5.41) is 17.3. The van der Waals surface area contributed by atoms with Gasteiger partial charge in [0, 0.05) is 6.20 Å². The van der Waals surface area contributed by atoms with E-state index >= 15 is 0 Å². The number of hydrogen-bond donors (Lipinski definition) is 0. The summed E-state index contributed by atoms with van der Waals surface area (Å²) in [6, 6.07) is 15.0. The Balaban J connectivity index is 1.98. The molecule has 0 atom stereocenters. The second kappa shape index (κ2) is 6.18. The minimum atomic E-state index is 0.380. The SMILES string of the molecule is N#CCc1ccc(OCc2ccnc(C#N)c2)cc1. The Labute approximate surface area is 111 Å². The lowest BCUT2D eigenvalue weighted by Crippen LogP contribution is -1.97. The molecule has 0 saturated carbocycles. The molecule has 0 radical (unpaired) electrons. The van der Waals surface area contributed by atoms with Gasteiger partial charge in [-0.05, 0) is 35.4 Å². The van der Waals surface area contributed by atoms with E-state index in [0.717, 1.165) is 16.9 Å². The van der Waals surface area contributed by atoms with Crippen LogP contribution in [0.1, 0.15) is 16.8 Å². The summed E-state index contributed by atoms with van der Waals surface area (Å²) < 4.78 is 5.60. The van der Waals surface area contributed by atoms with Gasteiger partial charge in [-0.1, -0.05) is 12.1 Å². The molecule has 0 spiro atoms. The fraction of sp³-hybridized carbons (Fsp3) is 0.133. The number of nitrogens with zero attached hydrogens (tertiary/aromatic N) is 3. The molecule has 0 bridgehead atoms. The van der Waals surface area contributed by atoms with Crippen LogP contribution in [-0.4, -0.2) is 4.98 Å². The summed E-state index contributed by atoms with van der Waals surface area (Å²) in [5.41, 5.74) is 2.24. The quantitative estimate of drug-likeness (QED) is 0.835. The minimum Gasteiger partial charge on any atom is -0.489 e. The molecule has 0 saturated heterocycles. The van der Waals surface area contributed by atoms with Gasteiger partial charge in [0.25, 0.3) is 0 Å². The van der Waals surface area contributed by atoms with Crippen molar-refractivity contribution in [1.82, 2.24) is 4.98 Å². The third kappa shape index (κ3) is 3.55. The number of hydrogen-bond acceptors (Lipinski definition) is 4. The van der Waals surface area contributed by atoms with Gasteiger partial charge in [0.1, 0.15) is 24.1 Å². The smallest absolute Gasteiger partial charge is 0.140 e. The molecule has 19 heavy (non-hydrogen) atoms. The number of pyridine rings is 1. The van der Waals surface area contributed by atoms with Gasteiger partial charge >= 0.3 is 0 Å². The van der Waals surface area contributed by atoms with Crippen LogP contribution in [0.3, 0.4) is 0 Å². The van der Waals surface area contributed by atoms with Crippen LogP contribution in [0.4, 0.5) is 0 Å². The topological polar surface area (TPSA) is 69.7 Å². The fourth-order valence-corrected chi connectivity index (χ4v) is 1.59. The third-order valence-electron chi connectivity index (χ3n) is 2.55. The molecule has 1 aromatic carbocycles. The van der Waals surface area contributed by atoms with Gasteiger partial charge in [0.15, 0.2) is 0 Å². The maximum atomic E-state index is 8.75. The van der Waals surface area contributed by atoms with Crippen molar-refractivity contribution in [1.29, 1.82) is 10.5 Å². The van der Waals surface area contributed by atoms with Crippen molar-refractivity contribution in [2.75, 3.05) is 0 Å². The van der Waals surface area contributed by atoms with Crippen LogP contribution < -0.4 is 4.74 Å². The molecular formula is C15H11N3O. The highest BCUT2D eigenvalue weighted by atomic mass is 16.5. The lowest BCUT2D eigenvalue weighted by atomic mass is 10.2. The summed E-state index contributed by atoms with van der Waals surface area (Å²) in [5.74, 6) is 0.733. The molecule has 0 aliphatic carbocycles. The van der Waals surface area contributed by atoms with Gasteiger partial charge in [-0.25, -0.2) is 4.98 Å². The van der Waals surface area contributed by atoms with Gasteiger partial charge < -0.3 is 4.74 Å². The van der Waals surface area contributed by atoms with Crippen molar-refractivity contribution in [3.63, 3.8) is 0 Å². The van der Waals surface area contributed by atoms with Crippen LogP contribution in [0.25, 0.3) is 0 Å². The first kappa shape index (κ1) is 12.6. The molecule has 2 rings (SSSR count). The van der Waals surface area contributed by atoms with E-state index in [2.05, 4.69) is 11.1 Å². The van der Waals surface area contributed by atoms with Crippen LogP contribution in [0, 0.1) is 22.7 Å². The number of rotatable bonds is 4. The minimum absolute atomic E-state index is 0.380. The first-order valence-corrected chi connectivity index (χ1v) is 5.75. The molecule has 0 aliphatic rings. The summed E-state index contributed by atoms with van der Waals surface area (Å²) in [6.45, 7) is 0.384. The maximum Gasteiger partial charge on any atom is 0.140 e. The highest BCUT2D eigenvalue weighted by Gasteiger charge is 1.99. The average Bonchev–Trinajstić information content (AvgIpc) is 2.47. The van der Waals surface area contributed by atoms with Crippen molar-refractivity contribution in [2.24, 2.45) is 0 Å². The van der Waals surface area contributed by atoms with E-state index in [1.165, 1.54) is 0 Å². The van der Waals surface area contributed by atoms with E-state index in [-0.39, 0.29) is 0 Å². The van der Waals surface area contributed by atoms with E-state index in [9.17, 15) is 0 Å². The Morgan fingerprint density at radius 3 is 2.53 bits per heavy atom. The van der Waals surface area contributed by atoms with Crippen molar-refractivity contribution >= 4 is 0 Å². The van der Waals surface area contributed by atoms with Gasteiger partial charge in [-0.15, -0.1) is 0 Å². The predicted molar refractivity (Wildman–Crippen MR) is 69.0 cm³/mol.